The molecule has 6 heteroatoms. The first-order valence-electron chi connectivity index (χ1n) is 5.93. The van der Waals surface area contributed by atoms with Crippen molar-refractivity contribution in [2.45, 2.75) is 38.3 Å². The molecule has 1 saturated carbocycles. The van der Waals surface area contributed by atoms with E-state index in [2.05, 4.69) is 0 Å². The van der Waals surface area contributed by atoms with Gasteiger partial charge in [0.1, 0.15) is 24.4 Å². The van der Waals surface area contributed by atoms with Crippen LogP contribution in [0.2, 0.25) is 0 Å². The zero-order chi connectivity index (χ0) is 12.9. The summed E-state index contributed by atoms with van der Waals surface area (Å²) in [6.45, 7) is 2.68. The second-order valence-electron chi connectivity index (χ2n) is 4.81. The molecule has 0 aromatic rings. The smallest absolute Gasteiger partial charge is 0.303 e. The van der Waals surface area contributed by atoms with E-state index in [0.717, 1.165) is 0 Å². The fourth-order valence-electron chi connectivity index (χ4n) is 3.01. The fraction of sp³-hybridized carbons (Fsp3) is 0.667. The lowest BCUT2D eigenvalue weighted by atomic mass is 9.60. The van der Waals surface area contributed by atoms with E-state index < -0.39 is 12.2 Å². The molecule has 2 fully saturated rings. The Morgan fingerprint density at radius 3 is 1.56 bits per heavy atom. The van der Waals surface area contributed by atoms with E-state index in [1.165, 1.54) is 13.8 Å². The van der Waals surface area contributed by atoms with Crippen molar-refractivity contribution in [2.24, 2.45) is 11.8 Å². The Morgan fingerprint density at radius 1 is 0.889 bits per heavy atom. The summed E-state index contributed by atoms with van der Waals surface area (Å²) in [5, 5.41) is 0. The van der Waals surface area contributed by atoms with E-state index in [1.54, 1.807) is 0 Å². The predicted octanol–water partition coefficient (Wildman–Crippen LogP) is 0.365. The monoisotopic (exact) mass is 254 g/mol. The summed E-state index contributed by atoms with van der Waals surface area (Å²) >= 11 is 0. The minimum Gasteiger partial charge on any atom is -0.458 e. The Bertz CT molecular complexity index is 379. The van der Waals surface area contributed by atoms with Gasteiger partial charge >= 0.3 is 11.9 Å². The molecule has 0 aromatic heterocycles. The van der Waals surface area contributed by atoms with Crippen LogP contribution in [-0.2, 0) is 28.8 Å². The quantitative estimate of drug-likeness (QED) is 0.402. The molecule has 1 saturated heterocycles. The molecule has 2 aliphatic carbocycles. The Morgan fingerprint density at radius 2 is 1.28 bits per heavy atom. The van der Waals surface area contributed by atoms with Gasteiger partial charge in [0, 0.05) is 25.7 Å². The van der Waals surface area contributed by atoms with Crippen LogP contribution < -0.4 is 0 Å². The lowest BCUT2D eigenvalue weighted by Gasteiger charge is -2.57. The van der Waals surface area contributed by atoms with Crippen LogP contribution in [0.4, 0.5) is 0 Å². The van der Waals surface area contributed by atoms with Crippen molar-refractivity contribution in [2.75, 3.05) is 0 Å². The van der Waals surface area contributed by atoms with Crippen molar-refractivity contribution in [1.82, 2.24) is 0 Å². The number of fused-ring (bicyclic) bond motifs is 1. The fourth-order valence-corrected chi connectivity index (χ4v) is 3.01. The van der Waals surface area contributed by atoms with Crippen molar-refractivity contribution < 1.29 is 28.8 Å². The topological polar surface area (TPSA) is 71.1 Å². The van der Waals surface area contributed by atoms with Crippen LogP contribution in [0.5, 0.6) is 0 Å². The molecule has 2 bridgehead atoms. The van der Waals surface area contributed by atoms with Gasteiger partial charge in [-0.1, -0.05) is 12.2 Å². The molecule has 2 heterocycles. The summed E-state index contributed by atoms with van der Waals surface area (Å²) in [4.78, 5) is 32.5. The van der Waals surface area contributed by atoms with E-state index in [1.807, 2.05) is 12.2 Å². The Labute approximate surface area is 104 Å². The van der Waals surface area contributed by atoms with Gasteiger partial charge < -0.3 is 9.47 Å². The third-order valence-corrected chi connectivity index (χ3v) is 3.66. The normalized spacial score (nSPS) is 43.9. The summed E-state index contributed by atoms with van der Waals surface area (Å²) in [5.74, 6) is -0.770. The number of hydrogen-bond donors (Lipinski definition) is 0. The molecular weight excluding hydrogens is 240 g/mol. The van der Waals surface area contributed by atoms with Crippen molar-refractivity contribution in [1.29, 1.82) is 0 Å². The summed E-state index contributed by atoms with van der Waals surface area (Å²) in [6.07, 6.45) is 2.42. The molecule has 0 spiro atoms. The summed E-state index contributed by atoms with van der Waals surface area (Å²) in [7, 11) is 0. The zero-order valence-electron chi connectivity index (χ0n) is 10.1. The highest BCUT2D eigenvalue weighted by Crippen LogP contribution is 2.51. The van der Waals surface area contributed by atoms with Gasteiger partial charge in [-0.3, -0.25) is 9.59 Å². The number of ether oxygens (including phenoxy) is 2. The second kappa shape index (κ2) is 4.07. The number of rotatable bonds is 2. The van der Waals surface area contributed by atoms with Crippen LogP contribution in [-0.4, -0.2) is 36.4 Å². The third-order valence-electron chi connectivity index (χ3n) is 3.66. The standard InChI is InChI=1S/C12H14O6/c1-5(13)15-11-9-7-3-4-8(18-17-7)10(9)12(11)16-6(2)14/h3-4,7-12H,1-2H3/t7-,8+,9-,10+,11-,12-/m0/s1. The van der Waals surface area contributed by atoms with Crippen molar-refractivity contribution in [3.63, 3.8) is 0 Å². The first kappa shape index (κ1) is 11.7. The Balaban J connectivity index is 1.81. The van der Waals surface area contributed by atoms with Crippen molar-refractivity contribution in [3.8, 4) is 0 Å². The van der Waals surface area contributed by atoms with Crippen LogP contribution >= 0.6 is 0 Å². The number of esters is 2. The molecule has 0 amide bonds. The summed E-state index contributed by atoms with van der Waals surface area (Å²) in [6, 6.07) is 0. The van der Waals surface area contributed by atoms with Crippen LogP contribution in [0.1, 0.15) is 13.8 Å². The molecule has 0 aromatic carbocycles. The SMILES string of the molecule is CC(=O)O[C@@H]1[C@@H](OC(C)=O)[C@H]2[C@@H]1[C@@H]1C=C[C@H]2OO1. The van der Waals surface area contributed by atoms with E-state index in [4.69, 9.17) is 19.2 Å². The highest BCUT2D eigenvalue weighted by Gasteiger charge is 2.64. The Kier molecular flexibility index (Phi) is 2.64. The molecule has 98 valence electrons. The van der Waals surface area contributed by atoms with E-state index in [9.17, 15) is 9.59 Å². The average Bonchev–Trinajstić information content (AvgIpc) is 2.33. The van der Waals surface area contributed by atoms with Gasteiger partial charge in [-0.2, -0.15) is 0 Å². The van der Waals surface area contributed by atoms with Gasteiger partial charge in [0.05, 0.1) is 0 Å². The Hall–Kier alpha value is -1.40. The number of hydrogen-bond acceptors (Lipinski definition) is 6. The molecule has 4 rings (SSSR count). The maximum Gasteiger partial charge on any atom is 0.303 e. The zero-order valence-corrected chi connectivity index (χ0v) is 10.1. The molecule has 6 nitrogen and oxygen atoms in total. The van der Waals surface area contributed by atoms with E-state index >= 15 is 0 Å². The first-order valence-corrected chi connectivity index (χ1v) is 5.93. The molecule has 4 aliphatic rings. The van der Waals surface area contributed by atoms with Gasteiger partial charge in [-0.05, 0) is 0 Å². The highest BCUT2D eigenvalue weighted by atomic mass is 17.2. The molecule has 6 atom stereocenters. The molecule has 2 aliphatic heterocycles. The first-order chi connectivity index (χ1) is 8.58. The number of carbonyl (C=O) groups excluding carboxylic acids is 2. The third kappa shape index (κ3) is 1.64. The summed E-state index contributed by atoms with van der Waals surface area (Å²) < 4.78 is 10.5. The maximum atomic E-state index is 11.1. The van der Waals surface area contributed by atoms with E-state index in [-0.39, 0.29) is 36.0 Å². The van der Waals surface area contributed by atoms with Gasteiger partial charge in [0.15, 0.2) is 0 Å². The van der Waals surface area contributed by atoms with E-state index in [0.29, 0.717) is 0 Å². The van der Waals surface area contributed by atoms with Crippen molar-refractivity contribution in [3.05, 3.63) is 12.2 Å². The maximum absolute atomic E-state index is 11.1. The lowest BCUT2D eigenvalue weighted by Crippen LogP contribution is -2.69. The molecule has 0 N–H and O–H groups in total. The molecule has 18 heavy (non-hydrogen) atoms. The van der Waals surface area contributed by atoms with Crippen molar-refractivity contribution >= 4 is 11.9 Å². The predicted molar refractivity (Wildman–Crippen MR) is 57.0 cm³/mol. The second-order valence-corrected chi connectivity index (χ2v) is 4.81. The van der Waals surface area contributed by atoms with Crippen LogP contribution in [0.25, 0.3) is 0 Å². The van der Waals surface area contributed by atoms with Gasteiger partial charge in [0.25, 0.3) is 0 Å². The number of carbonyl (C=O) groups is 2. The van der Waals surface area contributed by atoms with Gasteiger partial charge in [-0.15, -0.1) is 0 Å². The lowest BCUT2D eigenvalue weighted by molar-refractivity contribution is -0.425. The largest absolute Gasteiger partial charge is 0.458 e. The molecule has 0 radical (unpaired) electrons. The average molecular weight is 254 g/mol. The summed E-state index contributed by atoms with van der Waals surface area (Å²) in [5.41, 5.74) is 0. The van der Waals surface area contributed by atoms with Gasteiger partial charge in [-0.25, -0.2) is 9.78 Å². The molecule has 0 unspecified atom stereocenters. The van der Waals surface area contributed by atoms with Crippen LogP contribution in [0, 0.1) is 11.8 Å². The minimum absolute atomic E-state index is 0.00185. The minimum atomic E-state index is -0.447. The van der Waals surface area contributed by atoms with Crippen LogP contribution in [0.15, 0.2) is 12.2 Å². The molecular formula is C12H14O6. The van der Waals surface area contributed by atoms with Crippen LogP contribution in [0.3, 0.4) is 0 Å². The highest BCUT2D eigenvalue weighted by molar-refractivity contribution is 5.68. The van der Waals surface area contributed by atoms with Gasteiger partial charge in [0.2, 0.25) is 0 Å².